The van der Waals surface area contributed by atoms with Crippen molar-refractivity contribution in [2.75, 3.05) is 0 Å². The van der Waals surface area contributed by atoms with E-state index in [0.717, 1.165) is 6.42 Å². The monoisotopic (exact) mass is 268 g/mol. The van der Waals surface area contributed by atoms with Crippen LogP contribution in [-0.2, 0) is 0 Å². The molecule has 2 rings (SSSR count). The Kier molecular flexibility index (Phi) is 2.69. The molecule has 3 atom stereocenters. The molecule has 1 nitrogen and oxygen atoms in total. The van der Waals surface area contributed by atoms with Crippen LogP contribution in [0.15, 0.2) is 11.3 Å². The van der Waals surface area contributed by atoms with Gasteiger partial charge in [-0.2, -0.15) is 0 Å². The number of aliphatic hydroxyl groups is 1. The van der Waals surface area contributed by atoms with Crippen LogP contribution in [0.4, 0.5) is 0 Å². The molecule has 1 N–H and O–H groups in total. The Morgan fingerprint density at radius 3 is 2.12 bits per heavy atom. The van der Waals surface area contributed by atoms with Crippen LogP contribution in [-0.4, -0.2) is 27.4 Å². The molecule has 0 unspecified atom stereocenters. The zero-order valence-corrected chi connectivity index (χ0v) is 14.5. The Labute approximate surface area is 108 Å². The Balaban J connectivity index is 2.49. The molecule has 0 radical (unpaired) electrons. The second-order valence-electron chi connectivity index (χ2n) is 8.58. The van der Waals surface area contributed by atoms with Crippen LogP contribution in [0.1, 0.15) is 19.8 Å². The lowest BCUT2D eigenvalue weighted by molar-refractivity contribution is 0.194. The Morgan fingerprint density at radius 2 is 1.71 bits per heavy atom. The van der Waals surface area contributed by atoms with Crippen LogP contribution in [0, 0.1) is 5.41 Å². The van der Waals surface area contributed by atoms with Gasteiger partial charge in [0, 0.05) is 0 Å². The van der Waals surface area contributed by atoms with Crippen molar-refractivity contribution in [3.05, 3.63) is 11.3 Å². The molecule has 0 amide bonds. The maximum absolute atomic E-state index is 10.4. The summed E-state index contributed by atoms with van der Waals surface area (Å²) >= 11 is 0. The Morgan fingerprint density at radius 1 is 1.18 bits per heavy atom. The zero-order chi connectivity index (χ0) is 13.3. The average molecular weight is 269 g/mol. The summed E-state index contributed by atoms with van der Waals surface area (Å²) in [6, 6.07) is 0. The minimum atomic E-state index is -1.26. The second-order valence-corrected chi connectivity index (χ2v) is 19.0. The molecule has 2 fully saturated rings. The van der Waals surface area contributed by atoms with Gasteiger partial charge in [0.15, 0.2) is 0 Å². The van der Waals surface area contributed by atoms with Gasteiger partial charge in [0.25, 0.3) is 0 Å². The van der Waals surface area contributed by atoms with Crippen molar-refractivity contribution in [2.45, 2.75) is 70.2 Å². The standard InChI is InChI=1S/C14H28OSi2/c1-13-8-12(15)11(9-16(2,3)4)14(13,10-13)17(5,6)7/h9,12,15H,8,10H2,1-7H3/b11-9+/t12-,13-,14+/m0/s1. The van der Waals surface area contributed by atoms with Gasteiger partial charge in [0.2, 0.25) is 0 Å². The van der Waals surface area contributed by atoms with E-state index in [4.69, 9.17) is 0 Å². The maximum atomic E-state index is 10.4. The summed E-state index contributed by atoms with van der Waals surface area (Å²) in [5.74, 6) is 0. The van der Waals surface area contributed by atoms with Gasteiger partial charge < -0.3 is 5.11 Å². The molecule has 2 aliphatic carbocycles. The normalized spacial score (nSPS) is 44.0. The first-order chi connectivity index (χ1) is 7.43. The zero-order valence-electron chi connectivity index (χ0n) is 12.5. The summed E-state index contributed by atoms with van der Waals surface area (Å²) in [4.78, 5) is 0. The Hall–Kier alpha value is 0.134. The summed E-state index contributed by atoms with van der Waals surface area (Å²) in [6.07, 6.45) is 2.20. The van der Waals surface area contributed by atoms with E-state index >= 15 is 0 Å². The van der Waals surface area contributed by atoms with Crippen molar-refractivity contribution in [3.8, 4) is 0 Å². The molecule has 0 aromatic heterocycles. The molecular weight excluding hydrogens is 240 g/mol. The van der Waals surface area contributed by atoms with Crippen LogP contribution in [0.2, 0.25) is 44.3 Å². The van der Waals surface area contributed by atoms with Gasteiger partial charge in [0.1, 0.15) is 0 Å². The molecule has 0 saturated heterocycles. The van der Waals surface area contributed by atoms with E-state index in [1.165, 1.54) is 12.0 Å². The smallest absolute Gasteiger partial charge is 0.0754 e. The molecule has 0 aliphatic heterocycles. The number of hydrogen-bond donors (Lipinski definition) is 1. The van der Waals surface area contributed by atoms with Gasteiger partial charge >= 0.3 is 0 Å². The topological polar surface area (TPSA) is 20.2 Å². The highest BCUT2D eigenvalue weighted by molar-refractivity contribution is 6.83. The quantitative estimate of drug-likeness (QED) is 0.749. The highest BCUT2D eigenvalue weighted by atomic mass is 28.3. The number of hydrogen-bond acceptors (Lipinski definition) is 1. The lowest BCUT2D eigenvalue weighted by atomic mass is 10.1. The van der Waals surface area contributed by atoms with Crippen molar-refractivity contribution in [2.24, 2.45) is 5.41 Å². The fourth-order valence-electron chi connectivity index (χ4n) is 4.35. The van der Waals surface area contributed by atoms with Crippen molar-refractivity contribution in [1.29, 1.82) is 0 Å². The molecule has 0 aromatic carbocycles. The summed E-state index contributed by atoms with van der Waals surface area (Å²) in [5, 5.41) is 10.8. The highest BCUT2D eigenvalue weighted by Crippen LogP contribution is 2.84. The van der Waals surface area contributed by atoms with Crippen LogP contribution in [0.5, 0.6) is 0 Å². The van der Waals surface area contributed by atoms with Gasteiger partial charge in [-0.3, -0.25) is 0 Å². The molecule has 0 bridgehead atoms. The summed E-state index contributed by atoms with van der Waals surface area (Å²) < 4.78 is 0. The van der Waals surface area contributed by atoms with E-state index in [1.807, 2.05) is 0 Å². The van der Waals surface area contributed by atoms with E-state index in [-0.39, 0.29) is 6.10 Å². The van der Waals surface area contributed by atoms with Crippen LogP contribution in [0.25, 0.3) is 0 Å². The molecule has 0 aromatic rings. The van der Waals surface area contributed by atoms with E-state index < -0.39 is 16.1 Å². The van der Waals surface area contributed by atoms with E-state index in [9.17, 15) is 5.11 Å². The first-order valence-corrected chi connectivity index (χ1v) is 13.9. The SMILES string of the molecule is C[C@@]12C[C@H](O)/C(=C\[Si](C)(C)C)[C@]1([Si](C)(C)C)C2. The van der Waals surface area contributed by atoms with E-state index in [0.29, 0.717) is 10.5 Å². The molecule has 3 heteroatoms. The largest absolute Gasteiger partial charge is 0.389 e. The predicted octanol–water partition coefficient (Wildman–Crippen LogP) is 4.04. The van der Waals surface area contributed by atoms with Crippen LogP contribution in [0.3, 0.4) is 0 Å². The summed E-state index contributed by atoms with van der Waals surface area (Å²) in [6.45, 7) is 17.0. The van der Waals surface area contributed by atoms with E-state index in [2.05, 4.69) is 51.9 Å². The fourth-order valence-corrected chi connectivity index (χ4v) is 9.80. The first kappa shape index (κ1) is 13.6. The molecule has 0 heterocycles. The molecule has 2 saturated carbocycles. The first-order valence-electron chi connectivity index (χ1n) is 6.84. The molecule has 98 valence electrons. The predicted molar refractivity (Wildman–Crippen MR) is 80.8 cm³/mol. The molecular formula is C14H28OSi2. The maximum Gasteiger partial charge on any atom is 0.0754 e. The lowest BCUT2D eigenvalue weighted by Gasteiger charge is -2.33. The third kappa shape index (κ3) is 1.82. The van der Waals surface area contributed by atoms with Crippen LogP contribution >= 0.6 is 0 Å². The number of aliphatic hydroxyl groups excluding tert-OH is 1. The van der Waals surface area contributed by atoms with Crippen molar-refractivity contribution < 1.29 is 5.11 Å². The summed E-state index contributed by atoms with van der Waals surface area (Å²) in [5.41, 5.74) is 4.37. The van der Waals surface area contributed by atoms with Gasteiger partial charge in [0.05, 0.1) is 22.3 Å². The third-order valence-electron chi connectivity index (χ3n) is 4.93. The van der Waals surface area contributed by atoms with Crippen molar-refractivity contribution in [3.63, 3.8) is 0 Å². The van der Waals surface area contributed by atoms with Crippen molar-refractivity contribution in [1.82, 2.24) is 0 Å². The molecule has 0 spiro atoms. The summed E-state index contributed by atoms with van der Waals surface area (Å²) in [7, 11) is -2.50. The second kappa shape index (κ2) is 3.37. The van der Waals surface area contributed by atoms with E-state index in [1.54, 1.807) is 0 Å². The minimum Gasteiger partial charge on any atom is -0.389 e. The van der Waals surface area contributed by atoms with Gasteiger partial charge in [-0.25, -0.2) is 0 Å². The van der Waals surface area contributed by atoms with Gasteiger partial charge in [-0.05, 0) is 28.9 Å². The third-order valence-corrected chi connectivity index (χ3v) is 9.73. The number of rotatable bonds is 2. The molecule has 2 aliphatic rings. The fraction of sp³-hybridized carbons (Fsp3) is 0.857. The highest BCUT2D eigenvalue weighted by Gasteiger charge is 2.76. The van der Waals surface area contributed by atoms with Crippen molar-refractivity contribution >= 4 is 16.1 Å². The minimum absolute atomic E-state index is 0.146. The number of fused-ring (bicyclic) bond motifs is 1. The average Bonchev–Trinajstić information content (AvgIpc) is 2.59. The molecule has 17 heavy (non-hydrogen) atoms. The van der Waals surface area contributed by atoms with Crippen LogP contribution < -0.4 is 0 Å². The van der Waals surface area contributed by atoms with Gasteiger partial charge in [-0.1, -0.05) is 51.9 Å². The lowest BCUT2D eigenvalue weighted by Crippen LogP contribution is -2.35. The van der Waals surface area contributed by atoms with Gasteiger partial charge in [-0.15, -0.1) is 0 Å². The Bertz CT molecular complexity index is 375.